The average Bonchev–Trinajstić information content (AvgIpc) is 1.52. The summed E-state index contributed by atoms with van der Waals surface area (Å²) in [5.41, 5.74) is 28.8. The summed E-state index contributed by atoms with van der Waals surface area (Å²) in [6.07, 6.45) is 0. The van der Waals surface area contributed by atoms with Crippen molar-refractivity contribution in [3.05, 3.63) is 502 Å². The van der Waals surface area contributed by atoms with Gasteiger partial charge in [-0.1, -0.05) is 400 Å². The van der Waals surface area contributed by atoms with Gasteiger partial charge in [0, 0.05) is 92.5 Å². The van der Waals surface area contributed by atoms with E-state index < -0.39 is 0 Å². The van der Waals surface area contributed by atoms with Crippen molar-refractivity contribution in [2.45, 2.75) is 0 Å². The number of aromatic nitrogens is 8. The molecule has 0 aliphatic heterocycles. The first-order valence-electron chi connectivity index (χ1n) is 46.2. The predicted molar refractivity (Wildman–Crippen MR) is 570 cm³/mol. The maximum atomic E-state index is 14.5. The lowest BCUT2D eigenvalue weighted by molar-refractivity contribution is 1.19. The zero-order valence-corrected chi connectivity index (χ0v) is 74.1. The molecule has 0 bridgehead atoms. The van der Waals surface area contributed by atoms with E-state index in [9.17, 15) is 19.2 Å². The summed E-state index contributed by atoms with van der Waals surface area (Å²) >= 11 is 0. The van der Waals surface area contributed by atoms with Gasteiger partial charge in [0.1, 0.15) is 22.6 Å². The molecular weight excluding hydrogens is 1690 g/mol. The lowest BCUT2D eigenvalue weighted by atomic mass is 9.91. The van der Waals surface area contributed by atoms with Crippen LogP contribution in [0.4, 0.5) is 0 Å². The fraction of sp³-hybridized carbons (Fsp3) is 0. The molecule has 0 spiro atoms. The number of imidazole rings is 4. The SMILES string of the molecule is O=c1c2cc(-c3ccccc3)cc3c(-c4ccccc4)ccc(c32)c2nc3cccc(-c4ccccc4)c3n12.O=c1c2ccc(-c3ccccc3)c3cccc(c32)c2nc3c(-c4ccccc4)cccc3n12.O=c1c2cccc3c(-c4ccccc4)ccc(c32)c2nc3c(-c4ccccc4)cccc3n12.O=c1c2cccc3cccc(c32)c2nc3c(-c4ccccc4)ccc(-c4ccccc4)c3n12. The van der Waals surface area contributed by atoms with Crippen molar-refractivity contribution in [3.63, 3.8) is 0 Å². The van der Waals surface area contributed by atoms with E-state index in [1.165, 1.54) is 0 Å². The van der Waals surface area contributed by atoms with E-state index >= 15 is 0 Å². The molecule has 138 heavy (non-hydrogen) atoms. The molecule has 0 fully saturated rings. The molecule has 29 aromatic rings. The number of fused-ring (bicyclic) bond motifs is 16. The molecule has 12 heteroatoms. The van der Waals surface area contributed by atoms with Crippen molar-refractivity contribution in [2.75, 3.05) is 0 Å². The monoisotopic (exact) mass is 1760 g/mol. The maximum absolute atomic E-state index is 14.5. The van der Waals surface area contributed by atoms with Crippen molar-refractivity contribution < 1.29 is 0 Å². The van der Waals surface area contributed by atoms with Crippen LogP contribution in [0.3, 0.4) is 0 Å². The molecule has 0 radical (unpaired) electrons. The highest BCUT2D eigenvalue weighted by Crippen LogP contribution is 2.46. The lowest BCUT2D eigenvalue weighted by Gasteiger charge is -2.14. The number of hydrogen-bond donors (Lipinski definition) is 0. The summed E-state index contributed by atoms with van der Waals surface area (Å²) in [7, 11) is 0. The molecule has 0 saturated heterocycles. The minimum absolute atomic E-state index is 0.0268. The standard InChI is InChI=1S/C36H22N2O.3C30H18N2O/c39-36-31-22-26(23-11-4-1-5-12-23)21-30-27(24-13-6-2-7-14-24)19-20-29(33(30)31)35-37-32-18-10-17-28(34(32)38(35)36)25-15-8-3-9-16-25;33-30-25-15-7-14-23-21(19-9-3-1-4-10-19)17-18-24(27(23)25)29-31-28-22(20-11-5-2-6-12-20)13-8-16-26(28)32(29)30;33-30-25-18-17-21(19-9-3-1-4-10-19)23-14-7-15-24(27(23)25)29-31-28-22(20-11-5-2-6-12-20)13-8-16-26(28)32(29)30;33-30-25-16-8-14-21-13-7-15-24(26(21)25)29-31-27-22(19-9-3-1-4-10-19)17-18-23(28(27)32(29)30)20-11-5-2-6-12-20/h1-22H;3*1-18H. The van der Waals surface area contributed by atoms with Crippen LogP contribution in [-0.2, 0) is 0 Å². The molecule has 0 amide bonds. The van der Waals surface area contributed by atoms with Gasteiger partial charge in [0.25, 0.3) is 22.2 Å². The molecule has 12 nitrogen and oxygen atoms in total. The molecular formula is C126H76N8O4. The average molecular weight is 1770 g/mol. The number of rotatable bonds is 9. The molecule has 0 aliphatic rings. The van der Waals surface area contributed by atoms with Crippen LogP contribution in [0.25, 0.3) is 253 Å². The molecule has 21 aromatic carbocycles. The first kappa shape index (κ1) is 80.1. The van der Waals surface area contributed by atoms with Gasteiger partial charge in [0.05, 0.1) is 44.1 Å². The maximum Gasteiger partial charge on any atom is 0.264 e. The summed E-state index contributed by atoms with van der Waals surface area (Å²) in [6.45, 7) is 0. The third kappa shape index (κ3) is 12.8. The van der Waals surface area contributed by atoms with Crippen LogP contribution in [0.15, 0.2) is 480 Å². The van der Waals surface area contributed by atoms with Gasteiger partial charge < -0.3 is 0 Å². The third-order valence-electron chi connectivity index (χ3n) is 27.4. The van der Waals surface area contributed by atoms with E-state index in [4.69, 9.17) is 19.9 Å². The molecule has 29 rings (SSSR count). The zero-order valence-electron chi connectivity index (χ0n) is 74.1. The number of pyridine rings is 4. The summed E-state index contributed by atoms with van der Waals surface area (Å²) < 4.78 is 7.20. The van der Waals surface area contributed by atoms with Gasteiger partial charge in [-0.25, -0.2) is 19.9 Å². The highest BCUT2D eigenvalue weighted by molar-refractivity contribution is 6.24. The molecule has 644 valence electrons. The van der Waals surface area contributed by atoms with E-state index in [1.54, 1.807) is 8.80 Å². The fourth-order valence-electron chi connectivity index (χ4n) is 21.3. The van der Waals surface area contributed by atoms with E-state index in [-0.39, 0.29) is 22.2 Å². The van der Waals surface area contributed by atoms with Crippen LogP contribution < -0.4 is 22.2 Å². The van der Waals surface area contributed by atoms with Crippen LogP contribution >= 0.6 is 0 Å². The summed E-state index contributed by atoms with van der Waals surface area (Å²) in [6, 6.07) is 156. The highest BCUT2D eigenvalue weighted by Gasteiger charge is 2.27. The van der Waals surface area contributed by atoms with Crippen LogP contribution in [0, 0.1) is 0 Å². The van der Waals surface area contributed by atoms with E-state index in [2.05, 4.69) is 237 Å². The van der Waals surface area contributed by atoms with E-state index in [0.717, 1.165) is 225 Å². The van der Waals surface area contributed by atoms with Gasteiger partial charge in [-0.05, 0) is 155 Å². The normalized spacial score (nSPS) is 11.7. The Balaban J connectivity index is 0.0000000953. The molecule has 8 heterocycles. The predicted octanol–water partition coefficient (Wildman–Crippen LogP) is 29.4. The Labute approximate surface area is 787 Å². The summed E-state index contributed by atoms with van der Waals surface area (Å²) in [5.74, 6) is 0. The van der Waals surface area contributed by atoms with Crippen molar-refractivity contribution in [1.82, 2.24) is 37.5 Å². The van der Waals surface area contributed by atoms with E-state index in [1.807, 2.05) is 233 Å². The number of para-hydroxylation sites is 3. The van der Waals surface area contributed by atoms with Crippen LogP contribution in [0.5, 0.6) is 0 Å². The van der Waals surface area contributed by atoms with Crippen LogP contribution in [0.2, 0.25) is 0 Å². The topological polar surface area (TPSA) is 137 Å². The van der Waals surface area contributed by atoms with Gasteiger partial charge in [-0.3, -0.25) is 36.8 Å². The van der Waals surface area contributed by atoms with Crippen LogP contribution in [0.1, 0.15) is 0 Å². The first-order chi connectivity index (χ1) is 68.2. The Hall–Kier alpha value is -18.8. The van der Waals surface area contributed by atoms with Gasteiger partial charge in [-0.15, -0.1) is 0 Å². The number of hydrogen-bond acceptors (Lipinski definition) is 8. The summed E-state index contributed by atoms with van der Waals surface area (Å²) in [5, 5.41) is 15.0. The number of benzene rings is 21. The van der Waals surface area contributed by atoms with Gasteiger partial charge in [0.15, 0.2) is 0 Å². The smallest absolute Gasteiger partial charge is 0.264 e. The minimum Gasteiger partial charge on any atom is -0.268 e. The Morgan fingerprint density at radius 2 is 0.435 bits per heavy atom. The van der Waals surface area contributed by atoms with E-state index in [0.29, 0.717) is 28.0 Å². The molecule has 0 atom stereocenters. The van der Waals surface area contributed by atoms with Gasteiger partial charge in [0.2, 0.25) is 0 Å². The first-order valence-corrected chi connectivity index (χ1v) is 46.2. The second-order valence-corrected chi connectivity index (χ2v) is 35.1. The minimum atomic E-state index is -0.0450. The van der Waals surface area contributed by atoms with Crippen molar-refractivity contribution >= 4 is 153 Å². The van der Waals surface area contributed by atoms with Crippen molar-refractivity contribution in [2.24, 2.45) is 0 Å². The Morgan fingerprint density at radius 1 is 0.159 bits per heavy atom. The third-order valence-corrected chi connectivity index (χ3v) is 27.4. The van der Waals surface area contributed by atoms with Gasteiger partial charge in [-0.2, -0.15) is 0 Å². The number of nitrogens with zero attached hydrogens (tertiary/aromatic N) is 8. The van der Waals surface area contributed by atoms with Crippen molar-refractivity contribution in [3.8, 4) is 100 Å². The Morgan fingerprint density at radius 3 is 0.906 bits per heavy atom. The van der Waals surface area contributed by atoms with Crippen LogP contribution in [-0.4, -0.2) is 37.5 Å². The molecule has 0 aliphatic carbocycles. The molecule has 0 N–H and O–H groups in total. The van der Waals surface area contributed by atoms with Gasteiger partial charge >= 0.3 is 0 Å². The molecule has 8 aromatic heterocycles. The second kappa shape index (κ2) is 32.6. The highest BCUT2D eigenvalue weighted by atomic mass is 16.1. The van der Waals surface area contributed by atoms with Crippen molar-refractivity contribution in [1.29, 1.82) is 0 Å². The quantitative estimate of drug-likeness (QED) is 0.139. The fourth-order valence-corrected chi connectivity index (χ4v) is 21.3. The lowest BCUT2D eigenvalue weighted by Crippen LogP contribution is -2.14. The summed E-state index contributed by atoms with van der Waals surface area (Å²) in [4.78, 5) is 76.3. The molecule has 0 saturated carbocycles. The second-order valence-electron chi connectivity index (χ2n) is 35.1. The Kier molecular flexibility index (Phi) is 18.9. The zero-order chi connectivity index (χ0) is 91.7. The Bertz CT molecular complexity index is 9930. The molecule has 0 unspecified atom stereocenters. The largest absolute Gasteiger partial charge is 0.268 e.